The van der Waals surface area contributed by atoms with Gasteiger partial charge in [-0.2, -0.15) is 0 Å². The second-order valence-corrected chi connectivity index (χ2v) is 5.57. The minimum atomic E-state index is -0.334. The van der Waals surface area contributed by atoms with Gasteiger partial charge in [0.05, 0.1) is 32.5 Å². The van der Waals surface area contributed by atoms with Gasteiger partial charge in [0.25, 0.3) is 0 Å². The normalized spacial score (nSPS) is 16.8. The molecule has 3 amide bonds. The van der Waals surface area contributed by atoms with E-state index in [9.17, 15) is 9.59 Å². The molecule has 2 rings (SSSR count). The lowest BCUT2D eigenvalue weighted by atomic mass is 10.2. The van der Waals surface area contributed by atoms with Crippen LogP contribution in [0.1, 0.15) is 13.3 Å². The van der Waals surface area contributed by atoms with E-state index in [2.05, 4.69) is 10.6 Å². The van der Waals surface area contributed by atoms with E-state index >= 15 is 0 Å². The van der Waals surface area contributed by atoms with Crippen molar-refractivity contribution in [3.05, 3.63) is 24.3 Å². The summed E-state index contributed by atoms with van der Waals surface area (Å²) in [6, 6.07) is 6.75. The quantitative estimate of drug-likeness (QED) is 0.563. The smallest absolute Gasteiger partial charge is 0.315 e. The van der Waals surface area contributed by atoms with Gasteiger partial charge in [0.15, 0.2) is 0 Å². The molecular weight excluding hydrogens is 326 g/mol. The van der Waals surface area contributed by atoms with Gasteiger partial charge in [-0.1, -0.05) is 0 Å². The Balaban J connectivity index is 1.78. The number of benzene rings is 1. The van der Waals surface area contributed by atoms with Crippen molar-refractivity contribution in [1.29, 1.82) is 0 Å². The van der Waals surface area contributed by atoms with E-state index < -0.39 is 0 Å². The molecule has 0 aliphatic carbocycles. The largest absolute Gasteiger partial charge is 0.494 e. The molecule has 8 heteroatoms. The first kappa shape index (κ1) is 19.0. The lowest BCUT2D eigenvalue weighted by Crippen LogP contribution is -2.44. The number of amides is 3. The fourth-order valence-corrected chi connectivity index (χ4v) is 2.58. The van der Waals surface area contributed by atoms with Crippen LogP contribution in [0.5, 0.6) is 5.75 Å². The second kappa shape index (κ2) is 9.85. The molecular formula is C17H25N3O5. The van der Waals surface area contributed by atoms with Gasteiger partial charge in [-0.15, -0.1) is 0 Å². The highest BCUT2D eigenvalue weighted by Gasteiger charge is 2.31. The van der Waals surface area contributed by atoms with E-state index in [-0.39, 0.29) is 37.6 Å². The van der Waals surface area contributed by atoms with Crippen LogP contribution >= 0.6 is 0 Å². The lowest BCUT2D eigenvalue weighted by molar-refractivity contribution is -0.117. The molecule has 1 aliphatic heterocycles. The van der Waals surface area contributed by atoms with Crippen molar-refractivity contribution in [3.63, 3.8) is 0 Å². The Bertz CT molecular complexity index is 564. The van der Waals surface area contributed by atoms with Crippen molar-refractivity contribution in [2.75, 3.05) is 44.4 Å². The van der Waals surface area contributed by atoms with Crippen LogP contribution < -0.4 is 20.3 Å². The maximum absolute atomic E-state index is 12.2. The monoisotopic (exact) mass is 351 g/mol. The summed E-state index contributed by atoms with van der Waals surface area (Å²) in [7, 11) is 0. The zero-order valence-electron chi connectivity index (χ0n) is 14.4. The van der Waals surface area contributed by atoms with Crippen LogP contribution in [0.4, 0.5) is 10.5 Å². The Morgan fingerprint density at radius 2 is 2.08 bits per heavy atom. The van der Waals surface area contributed by atoms with Crippen LogP contribution in [-0.2, 0) is 9.53 Å². The Labute approximate surface area is 147 Å². The number of anilines is 1. The zero-order chi connectivity index (χ0) is 18.1. The Morgan fingerprint density at radius 3 is 2.76 bits per heavy atom. The van der Waals surface area contributed by atoms with E-state index in [0.717, 1.165) is 11.4 Å². The van der Waals surface area contributed by atoms with Gasteiger partial charge in [-0.3, -0.25) is 4.79 Å². The molecule has 0 bridgehead atoms. The molecule has 1 heterocycles. The first-order chi connectivity index (χ1) is 12.1. The summed E-state index contributed by atoms with van der Waals surface area (Å²) in [6.07, 6.45) is 0.266. The average molecular weight is 351 g/mol. The minimum absolute atomic E-state index is 0.0271. The van der Waals surface area contributed by atoms with Gasteiger partial charge in [0.1, 0.15) is 5.75 Å². The number of aliphatic hydroxyl groups excluding tert-OH is 1. The highest BCUT2D eigenvalue weighted by atomic mass is 16.5. The van der Waals surface area contributed by atoms with Crippen molar-refractivity contribution < 1.29 is 24.2 Å². The van der Waals surface area contributed by atoms with Crippen LogP contribution in [0, 0.1) is 0 Å². The predicted molar refractivity (Wildman–Crippen MR) is 92.8 cm³/mol. The summed E-state index contributed by atoms with van der Waals surface area (Å²) in [5.74, 6) is 0.733. The third-order valence-corrected chi connectivity index (χ3v) is 3.69. The summed E-state index contributed by atoms with van der Waals surface area (Å²) in [5.41, 5.74) is 0.788. The third kappa shape index (κ3) is 5.91. The van der Waals surface area contributed by atoms with Crippen molar-refractivity contribution >= 4 is 17.6 Å². The van der Waals surface area contributed by atoms with Crippen LogP contribution in [0.2, 0.25) is 0 Å². The lowest BCUT2D eigenvalue weighted by Gasteiger charge is -2.18. The van der Waals surface area contributed by atoms with Crippen LogP contribution in [0.15, 0.2) is 24.3 Å². The zero-order valence-corrected chi connectivity index (χ0v) is 14.4. The number of urea groups is 1. The standard InChI is InChI=1S/C17H25N3O5/c1-2-25-15-5-3-14(4-6-15)20-12-13(11-16(20)22)19-17(23)18-7-9-24-10-8-21/h3-6,13,21H,2,7-12H2,1H3,(H2,18,19,23)/t13-/m1/s1. The highest BCUT2D eigenvalue weighted by molar-refractivity contribution is 5.96. The van der Waals surface area contributed by atoms with Gasteiger partial charge in [-0.05, 0) is 31.2 Å². The molecule has 0 unspecified atom stereocenters. The van der Waals surface area contributed by atoms with Crippen LogP contribution in [0.25, 0.3) is 0 Å². The minimum Gasteiger partial charge on any atom is -0.494 e. The van der Waals surface area contributed by atoms with Crippen LogP contribution in [-0.4, -0.2) is 62.6 Å². The number of ether oxygens (including phenoxy) is 2. The van der Waals surface area contributed by atoms with E-state index in [1.165, 1.54) is 0 Å². The number of nitrogens with one attached hydrogen (secondary N) is 2. The summed E-state index contributed by atoms with van der Waals surface area (Å²) in [5, 5.41) is 14.0. The average Bonchev–Trinajstić information content (AvgIpc) is 2.96. The molecule has 3 N–H and O–H groups in total. The van der Waals surface area contributed by atoms with Gasteiger partial charge in [-0.25, -0.2) is 4.79 Å². The number of hydrogen-bond acceptors (Lipinski definition) is 5. The van der Waals surface area contributed by atoms with Crippen molar-refractivity contribution in [3.8, 4) is 5.75 Å². The third-order valence-electron chi connectivity index (χ3n) is 3.69. The van der Waals surface area contributed by atoms with Gasteiger partial charge in [0, 0.05) is 25.2 Å². The molecule has 1 fully saturated rings. The fraction of sp³-hybridized carbons (Fsp3) is 0.529. The Hall–Kier alpha value is -2.32. The van der Waals surface area contributed by atoms with Gasteiger partial charge >= 0.3 is 6.03 Å². The number of rotatable bonds is 9. The van der Waals surface area contributed by atoms with Crippen molar-refractivity contribution in [2.24, 2.45) is 0 Å². The molecule has 0 saturated carbocycles. The molecule has 1 aromatic carbocycles. The van der Waals surface area contributed by atoms with E-state index in [1.54, 1.807) is 4.90 Å². The predicted octanol–water partition coefficient (Wildman–Crippen LogP) is 0.499. The number of carbonyl (C=O) groups excluding carboxylic acids is 2. The highest BCUT2D eigenvalue weighted by Crippen LogP contribution is 2.24. The molecule has 1 aromatic rings. The molecule has 1 atom stereocenters. The first-order valence-electron chi connectivity index (χ1n) is 8.40. The van der Waals surface area contributed by atoms with Crippen LogP contribution in [0.3, 0.4) is 0 Å². The fourth-order valence-electron chi connectivity index (χ4n) is 2.58. The van der Waals surface area contributed by atoms with E-state index in [1.807, 2.05) is 31.2 Å². The molecule has 138 valence electrons. The van der Waals surface area contributed by atoms with E-state index in [4.69, 9.17) is 14.6 Å². The molecule has 0 spiro atoms. The van der Waals surface area contributed by atoms with Crippen molar-refractivity contribution in [1.82, 2.24) is 10.6 Å². The SMILES string of the molecule is CCOc1ccc(N2C[C@H](NC(=O)NCCOCCO)CC2=O)cc1. The summed E-state index contributed by atoms with van der Waals surface area (Å²) in [6.45, 7) is 3.81. The first-order valence-corrected chi connectivity index (χ1v) is 8.40. The summed E-state index contributed by atoms with van der Waals surface area (Å²) >= 11 is 0. The number of nitrogens with zero attached hydrogens (tertiary/aromatic N) is 1. The molecule has 0 aromatic heterocycles. The number of hydrogen-bond donors (Lipinski definition) is 3. The van der Waals surface area contributed by atoms with E-state index in [0.29, 0.717) is 26.3 Å². The number of carbonyl (C=O) groups is 2. The molecule has 8 nitrogen and oxygen atoms in total. The molecule has 25 heavy (non-hydrogen) atoms. The second-order valence-electron chi connectivity index (χ2n) is 5.57. The maximum Gasteiger partial charge on any atom is 0.315 e. The molecule has 0 radical (unpaired) electrons. The van der Waals surface area contributed by atoms with Crippen molar-refractivity contribution in [2.45, 2.75) is 19.4 Å². The Morgan fingerprint density at radius 1 is 1.32 bits per heavy atom. The Kier molecular flexibility index (Phi) is 7.49. The topological polar surface area (TPSA) is 100 Å². The number of aliphatic hydroxyl groups is 1. The summed E-state index contributed by atoms with van der Waals surface area (Å²) < 4.78 is 10.5. The molecule has 1 aliphatic rings. The maximum atomic E-state index is 12.2. The van der Waals surface area contributed by atoms with Gasteiger partial charge in [0.2, 0.25) is 5.91 Å². The molecule has 1 saturated heterocycles. The van der Waals surface area contributed by atoms with Gasteiger partial charge < -0.3 is 30.1 Å². The summed E-state index contributed by atoms with van der Waals surface area (Å²) in [4.78, 5) is 25.7.